The van der Waals surface area contributed by atoms with Gasteiger partial charge in [0.25, 0.3) is 0 Å². The maximum absolute atomic E-state index is 12.1. The molecule has 1 aromatic heterocycles. The minimum absolute atomic E-state index is 0.225. The first kappa shape index (κ1) is 12.3. The summed E-state index contributed by atoms with van der Waals surface area (Å²) in [5.41, 5.74) is 1.52. The number of hydrogen-bond acceptors (Lipinski definition) is 3. The summed E-state index contributed by atoms with van der Waals surface area (Å²) in [5, 5.41) is 0. The monoisotopic (exact) mass is 254 g/mol. The molecule has 1 heterocycles. The highest BCUT2D eigenvalue weighted by molar-refractivity contribution is 5.31. The van der Waals surface area contributed by atoms with Crippen LogP contribution in [0.1, 0.15) is 11.1 Å². The average Bonchev–Trinajstić information content (AvgIpc) is 2.28. The van der Waals surface area contributed by atoms with Crippen LogP contribution in [0, 0.1) is 0 Å². The molecular formula is C12H9F3N2O. The first-order valence-corrected chi connectivity index (χ1v) is 5.11. The molecule has 0 radical (unpaired) electrons. The smallest absolute Gasteiger partial charge is 0.406 e. The second-order valence-corrected chi connectivity index (χ2v) is 3.62. The van der Waals surface area contributed by atoms with E-state index in [9.17, 15) is 13.2 Å². The largest absolute Gasteiger partial charge is 0.573 e. The summed E-state index contributed by atoms with van der Waals surface area (Å²) in [6.07, 6.45) is 0.408. The van der Waals surface area contributed by atoms with Crippen LogP contribution in [0.2, 0.25) is 0 Å². The first-order chi connectivity index (χ1) is 8.53. The van der Waals surface area contributed by atoms with Crippen molar-refractivity contribution in [3.63, 3.8) is 0 Å². The molecule has 18 heavy (non-hydrogen) atoms. The fourth-order valence-electron chi connectivity index (χ4n) is 1.51. The van der Waals surface area contributed by atoms with Crippen molar-refractivity contribution in [1.29, 1.82) is 0 Å². The summed E-state index contributed by atoms with van der Waals surface area (Å²) in [6.45, 7) is 0. The summed E-state index contributed by atoms with van der Waals surface area (Å²) in [5.74, 6) is -0.225. The van der Waals surface area contributed by atoms with Gasteiger partial charge < -0.3 is 4.74 Å². The minimum atomic E-state index is -4.67. The lowest BCUT2D eigenvalue weighted by Gasteiger charge is -2.09. The quantitative estimate of drug-likeness (QED) is 0.844. The number of hydrogen-bond donors (Lipinski definition) is 0. The number of ether oxygens (including phenoxy) is 1. The van der Waals surface area contributed by atoms with Crippen LogP contribution in [-0.4, -0.2) is 16.3 Å². The highest BCUT2D eigenvalue weighted by Gasteiger charge is 2.31. The van der Waals surface area contributed by atoms with E-state index in [1.165, 1.54) is 24.5 Å². The third kappa shape index (κ3) is 3.73. The lowest BCUT2D eigenvalue weighted by molar-refractivity contribution is -0.274. The molecule has 0 N–H and O–H groups in total. The van der Waals surface area contributed by atoms with E-state index in [0.29, 0.717) is 12.0 Å². The van der Waals surface area contributed by atoms with Crippen molar-refractivity contribution in [2.24, 2.45) is 0 Å². The molecule has 0 saturated carbocycles. The maximum Gasteiger partial charge on any atom is 0.573 e. The Hall–Kier alpha value is -2.11. The number of benzene rings is 1. The van der Waals surface area contributed by atoms with Crippen LogP contribution >= 0.6 is 0 Å². The molecular weight excluding hydrogens is 245 g/mol. The van der Waals surface area contributed by atoms with E-state index < -0.39 is 6.36 Å². The van der Waals surface area contributed by atoms with Crippen molar-refractivity contribution in [3.8, 4) is 5.75 Å². The van der Waals surface area contributed by atoms with E-state index in [0.717, 1.165) is 5.56 Å². The summed E-state index contributed by atoms with van der Waals surface area (Å²) in [7, 11) is 0. The fourth-order valence-corrected chi connectivity index (χ4v) is 1.51. The Labute approximate surface area is 101 Å². The second-order valence-electron chi connectivity index (χ2n) is 3.62. The van der Waals surface area contributed by atoms with E-state index in [4.69, 9.17) is 0 Å². The summed E-state index contributed by atoms with van der Waals surface area (Å²) >= 11 is 0. The van der Waals surface area contributed by atoms with E-state index >= 15 is 0 Å². The molecule has 2 aromatic rings. The number of nitrogens with zero attached hydrogens (tertiary/aromatic N) is 2. The van der Waals surface area contributed by atoms with Gasteiger partial charge in [0.1, 0.15) is 12.1 Å². The van der Waals surface area contributed by atoms with Crippen LogP contribution in [0.15, 0.2) is 43.0 Å². The zero-order chi connectivity index (χ0) is 13.0. The Bertz CT molecular complexity index is 514. The van der Waals surface area contributed by atoms with E-state index in [1.54, 1.807) is 18.5 Å². The summed E-state index contributed by atoms with van der Waals surface area (Å²) in [4.78, 5) is 7.68. The van der Waals surface area contributed by atoms with Gasteiger partial charge in [-0.05, 0) is 23.3 Å². The SMILES string of the molecule is FC(F)(F)Oc1cccc(Cc2cncnc2)c1. The molecule has 3 nitrogen and oxygen atoms in total. The molecule has 0 saturated heterocycles. The van der Waals surface area contributed by atoms with Gasteiger partial charge in [0.05, 0.1) is 0 Å². The third-order valence-corrected chi connectivity index (χ3v) is 2.15. The molecule has 1 aromatic carbocycles. The molecule has 0 aliphatic rings. The Morgan fingerprint density at radius 1 is 1.06 bits per heavy atom. The normalized spacial score (nSPS) is 11.3. The minimum Gasteiger partial charge on any atom is -0.406 e. The summed E-state index contributed by atoms with van der Waals surface area (Å²) < 4.78 is 40.0. The van der Waals surface area contributed by atoms with E-state index in [2.05, 4.69) is 14.7 Å². The highest BCUT2D eigenvalue weighted by Crippen LogP contribution is 2.24. The maximum atomic E-state index is 12.1. The summed E-state index contributed by atoms with van der Waals surface area (Å²) in [6, 6.07) is 5.84. The van der Waals surface area contributed by atoms with Gasteiger partial charge in [-0.1, -0.05) is 12.1 Å². The van der Waals surface area contributed by atoms with Crippen molar-refractivity contribution in [3.05, 3.63) is 54.1 Å². The van der Waals surface area contributed by atoms with Gasteiger partial charge in [-0.2, -0.15) is 0 Å². The fraction of sp³-hybridized carbons (Fsp3) is 0.167. The third-order valence-electron chi connectivity index (χ3n) is 2.15. The highest BCUT2D eigenvalue weighted by atomic mass is 19.4. The molecule has 0 atom stereocenters. The molecule has 2 rings (SSSR count). The van der Waals surface area contributed by atoms with Crippen LogP contribution < -0.4 is 4.74 Å². The van der Waals surface area contributed by atoms with Gasteiger partial charge in [-0.25, -0.2) is 9.97 Å². The van der Waals surface area contributed by atoms with Gasteiger partial charge in [-0.3, -0.25) is 0 Å². The van der Waals surface area contributed by atoms with Crippen molar-refractivity contribution >= 4 is 0 Å². The zero-order valence-corrected chi connectivity index (χ0v) is 9.19. The first-order valence-electron chi connectivity index (χ1n) is 5.11. The number of halogens is 3. The van der Waals surface area contributed by atoms with E-state index in [-0.39, 0.29) is 5.75 Å². The van der Waals surface area contributed by atoms with Crippen molar-refractivity contribution in [2.45, 2.75) is 12.8 Å². The van der Waals surface area contributed by atoms with E-state index in [1.807, 2.05) is 0 Å². The Kier molecular flexibility index (Phi) is 3.45. The molecule has 0 aliphatic heterocycles. The van der Waals surface area contributed by atoms with Crippen LogP contribution in [0.3, 0.4) is 0 Å². The Balaban J connectivity index is 2.13. The lowest BCUT2D eigenvalue weighted by atomic mass is 10.1. The Morgan fingerprint density at radius 3 is 2.44 bits per heavy atom. The number of alkyl halides is 3. The standard InChI is InChI=1S/C12H9F3N2O/c13-12(14,15)18-11-3-1-2-9(5-11)4-10-6-16-8-17-7-10/h1-3,5-8H,4H2. The van der Waals surface area contributed by atoms with Crippen molar-refractivity contribution in [1.82, 2.24) is 9.97 Å². The van der Waals surface area contributed by atoms with Crippen LogP contribution in [0.4, 0.5) is 13.2 Å². The van der Waals surface area contributed by atoms with Crippen LogP contribution in [-0.2, 0) is 6.42 Å². The second kappa shape index (κ2) is 5.03. The zero-order valence-electron chi connectivity index (χ0n) is 9.19. The predicted molar refractivity (Wildman–Crippen MR) is 58.0 cm³/mol. The van der Waals surface area contributed by atoms with Crippen molar-refractivity contribution in [2.75, 3.05) is 0 Å². The molecule has 0 spiro atoms. The average molecular weight is 254 g/mol. The Morgan fingerprint density at radius 2 is 1.78 bits per heavy atom. The van der Waals surface area contributed by atoms with Gasteiger partial charge in [0.2, 0.25) is 0 Å². The van der Waals surface area contributed by atoms with Gasteiger partial charge >= 0.3 is 6.36 Å². The molecule has 0 aliphatic carbocycles. The molecule has 0 bridgehead atoms. The number of aromatic nitrogens is 2. The molecule has 0 unspecified atom stereocenters. The molecule has 0 amide bonds. The lowest BCUT2D eigenvalue weighted by Crippen LogP contribution is -2.17. The van der Waals surface area contributed by atoms with Gasteiger partial charge in [0.15, 0.2) is 0 Å². The molecule has 94 valence electrons. The van der Waals surface area contributed by atoms with Gasteiger partial charge in [0, 0.05) is 18.8 Å². The molecule has 0 fully saturated rings. The van der Waals surface area contributed by atoms with Crippen molar-refractivity contribution < 1.29 is 17.9 Å². The predicted octanol–water partition coefficient (Wildman–Crippen LogP) is 2.97. The van der Waals surface area contributed by atoms with Crippen LogP contribution in [0.5, 0.6) is 5.75 Å². The molecule has 6 heteroatoms. The van der Waals surface area contributed by atoms with Gasteiger partial charge in [-0.15, -0.1) is 13.2 Å². The number of rotatable bonds is 3. The van der Waals surface area contributed by atoms with Crippen LogP contribution in [0.25, 0.3) is 0 Å². The topological polar surface area (TPSA) is 35.0 Å².